The maximum absolute atomic E-state index is 11.9. The zero-order valence-corrected chi connectivity index (χ0v) is 14.0. The number of urea groups is 1. The maximum atomic E-state index is 11.9. The third-order valence-corrected chi connectivity index (χ3v) is 3.80. The molecule has 2 rings (SSSR count). The minimum atomic E-state index is -0.208. The highest BCUT2D eigenvalue weighted by atomic mass is 16.2. The predicted octanol–water partition coefficient (Wildman–Crippen LogP) is 4.59. The molecule has 2 aromatic rings. The Morgan fingerprint density at radius 1 is 1.09 bits per heavy atom. The van der Waals surface area contributed by atoms with Crippen LogP contribution in [0, 0.1) is 6.92 Å². The number of benzene rings is 2. The molecule has 2 aromatic carbocycles. The van der Waals surface area contributed by atoms with Gasteiger partial charge < -0.3 is 10.6 Å². The number of carbonyl (C=O) groups is 1. The van der Waals surface area contributed by atoms with Gasteiger partial charge in [-0.05, 0) is 43.0 Å². The first-order valence-corrected chi connectivity index (χ1v) is 7.97. The summed E-state index contributed by atoms with van der Waals surface area (Å²) in [5.41, 5.74) is 4.67. The van der Waals surface area contributed by atoms with Crippen LogP contribution in [0.5, 0.6) is 0 Å². The summed E-state index contributed by atoms with van der Waals surface area (Å²) in [6.07, 6.45) is 4.55. The summed E-state index contributed by atoms with van der Waals surface area (Å²) in [7, 11) is 0. The Kier molecular flexibility index (Phi) is 5.98. The van der Waals surface area contributed by atoms with E-state index < -0.39 is 0 Å². The summed E-state index contributed by atoms with van der Waals surface area (Å²) in [5, 5.41) is 5.67. The van der Waals surface area contributed by atoms with Crippen LogP contribution >= 0.6 is 0 Å². The van der Waals surface area contributed by atoms with E-state index in [-0.39, 0.29) is 12.1 Å². The molecule has 1 atom stereocenters. The van der Waals surface area contributed by atoms with Crippen LogP contribution in [0.3, 0.4) is 0 Å². The molecule has 3 heteroatoms. The molecule has 120 valence electrons. The lowest BCUT2D eigenvalue weighted by atomic mass is 10.1. The van der Waals surface area contributed by atoms with Crippen molar-refractivity contribution in [1.82, 2.24) is 10.6 Å². The first-order valence-electron chi connectivity index (χ1n) is 7.97. The Morgan fingerprint density at radius 2 is 1.74 bits per heavy atom. The van der Waals surface area contributed by atoms with Crippen molar-refractivity contribution in [1.29, 1.82) is 0 Å². The predicted molar refractivity (Wildman–Crippen MR) is 96.1 cm³/mol. The topological polar surface area (TPSA) is 41.1 Å². The van der Waals surface area contributed by atoms with Crippen LogP contribution in [0.4, 0.5) is 4.79 Å². The Hall–Kier alpha value is -2.55. The smallest absolute Gasteiger partial charge is 0.319 e. The summed E-state index contributed by atoms with van der Waals surface area (Å²) < 4.78 is 0. The molecule has 2 amide bonds. The number of hydrogen-bond donors (Lipinski definition) is 2. The van der Waals surface area contributed by atoms with Crippen LogP contribution < -0.4 is 10.6 Å². The van der Waals surface area contributed by atoms with Crippen molar-refractivity contribution >= 4 is 12.1 Å². The van der Waals surface area contributed by atoms with E-state index in [0.717, 1.165) is 17.5 Å². The SMILES string of the molecule is CCc1ccc(C(C)NC(=O)N/C=C/c2ccc(C)cc2)cc1. The van der Waals surface area contributed by atoms with Gasteiger partial charge in [0.15, 0.2) is 0 Å². The van der Waals surface area contributed by atoms with Gasteiger partial charge in [0.05, 0.1) is 6.04 Å². The molecule has 23 heavy (non-hydrogen) atoms. The number of amides is 2. The highest BCUT2D eigenvalue weighted by molar-refractivity contribution is 5.76. The molecular weight excluding hydrogens is 284 g/mol. The summed E-state index contributed by atoms with van der Waals surface area (Å²) in [6, 6.07) is 16.2. The third-order valence-electron chi connectivity index (χ3n) is 3.80. The fourth-order valence-corrected chi connectivity index (χ4v) is 2.25. The van der Waals surface area contributed by atoms with E-state index in [1.807, 2.05) is 44.2 Å². The minimum Gasteiger partial charge on any atom is -0.331 e. The Morgan fingerprint density at radius 3 is 2.35 bits per heavy atom. The second-order valence-corrected chi connectivity index (χ2v) is 5.68. The molecule has 0 saturated heterocycles. The van der Waals surface area contributed by atoms with E-state index in [9.17, 15) is 4.79 Å². The van der Waals surface area contributed by atoms with Gasteiger partial charge in [-0.25, -0.2) is 4.79 Å². The van der Waals surface area contributed by atoms with Crippen LogP contribution in [-0.4, -0.2) is 6.03 Å². The van der Waals surface area contributed by atoms with Crippen molar-refractivity contribution < 1.29 is 4.79 Å². The van der Waals surface area contributed by atoms with Gasteiger partial charge in [-0.2, -0.15) is 0 Å². The van der Waals surface area contributed by atoms with Crippen LogP contribution in [0.25, 0.3) is 6.08 Å². The van der Waals surface area contributed by atoms with Crippen molar-refractivity contribution in [2.45, 2.75) is 33.2 Å². The lowest BCUT2D eigenvalue weighted by Gasteiger charge is -2.14. The molecule has 0 saturated carbocycles. The standard InChI is InChI=1S/C20H24N2O/c1-4-17-9-11-19(12-10-17)16(3)22-20(23)21-14-13-18-7-5-15(2)6-8-18/h5-14,16H,4H2,1-3H3,(H2,21,22,23)/b14-13+. The number of carbonyl (C=O) groups excluding carboxylic acids is 1. The zero-order chi connectivity index (χ0) is 16.7. The lowest BCUT2D eigenvalue weighted by Crippen LogP contribution is -2.34. The molecule has 0 aliphatic heterocycles. The summed E-state index contributed by atoms with van der Waals surface area (Å²) >= 11 is 0. The largest absolute Gasteiger partial charge is 0.331 e. The molecule has 0 aliphatic rings. The molecule has 0 heterocycles. The molecule has 0 radical (unpaired) electrons. The number of rotatable bonds is 5. The van der Waals surface area contributed by atoms with Gasteiger partial charge in [0.2, 0.25) is 0 Å². The molecule has 0 fully saturated rings. The molecule has 2 N–H and O–H groups in total. The first-order chi connectivity index (χ1) is 11.1. The van der Waals surface area contributed by atoms with E-state index in [2.05, 4.69) is 41.8 Å². The molecule has 0 aromatic heterocycles. The van der Waals surface area contributed by atoms with Gasteiger partial charge in [-0.3, -0.25) is 0 Å². The van der Waals surface area contributed by atoms with Crippen LogP contribution in [0.15, 0.2) is 54.7 Å². The monoisotopic (exact) mass is 308 g/mol. The molecule has 0 spiro atoms. The average molecular weight is 308 g/mol. The van der Waals surface area contributed by atoms with E-state index >= 15 is 0 Å². The van der Waals surface area contributed by atoms with Gasteiger partial charge >= 0.3 is 6.03 Å². The Bertz CT molecular complexity index is 657. The molecule has 3 nitrogen and oxygen atoms in total. The zero-order valence-electron chi connectivity index (χ0n) is 14.0. The van der Waals surface area contributed by atoms with E-state index in [0.29, 0.717) is 0 Å². The van der Waals surface area contributed by atoms with Gasteiger partial charge in [0, 0.05) is 6.20 Å². The molecular formula is C20H24N2O. The van der Waals surface area contributed by atoms with Crippen LogP contribution in [0.2, 0.25) is 0 Å². The normalized spacial score (nSPS) is 12.1. The van der Waals surface area contributed by atoms with E-state index in [1.54, 1.807) is 6.20 Å². The minimum absolute atomic E-state index is 0.0336. The van der Waals surface area contributed by atoms with Crippen molar-refractivity contribution in [2.75, 3.05) is 0 Å². The van der Waals surface area contributed by atoms with Crippen molar-refractivity contribution in [2.24, 2.45) is 0 Å². The average Bonchev–Trinajstić information content (AvgIpc) is 2.56. The molecule has 0 aliphatic carbocycles. The quantitative estimate of drug-likeness (QED) is 0.833. The second-order valence-electron chi connectivity index (χ2n) is 5.68. The highest BCUT2D eigenvalue weighted by Gasteiger charge is 2.07. The van der Waals surface area contributed by atoms with E-state index in [4.69, 9.17) is 0 Å². The van der Waals surface area contributed by atoms with Gasteiger partial charge in [0.25, 0.3) is 0 Å². The van der Waals surface area contributed by atoms with Crippen molar-refractivity contribution in [3.63, 3.8) is 0 Å². The summed E-state index contributed by atoms with van der Waals surface area (Å²) in [4.78, 5) is 11.9. The number of hydrogen-bond acceptors (Lipinski definition) is 1. The summed E-state index contributed by atoms with van der Waals surface area (Å²) in [6.45, 7) is 6.16. The summed E-state index contributed by atoms with van der Waals surface area (Å²) in [5.74, 6) is 0. The Balaban J connectivity index is 1.84. The van der Waals surface area contributed by atoms with Gasteiger partial charge in [-0.15, -0.1) is 0 Å². The van der Waals surface area contributed by atoms with E-state index in [1.165, 1.54) is 11.1 Å². The second kappa shape index (κ2) is 8.18. The fourth-order valence-electron chi connectivity index (χ4n) is 2.25. The van der Waals surface area contributed by atoms with Crippen molar-refractivity contribution in [3.05, 3.63) is 77.0 Å². The Labute approximate surface area is 138 Å². The van der Waals surface area contributed by atoms with Gasteiger partial charge in [-0.1, -0.05) is 61.0 Å². The third kappa shape index (κ3) is 5.29. The highest BCUT2D eigenvalue weighted by Crippen LogP contribution is 2.13. The van der Waals surface area contributed by atoms with Crippen molar-refractivity contribution in [3.8, 4) is 0 Å². The van der Waals surface area contributed by atoms with Crippen LogP contribution in [0.1, 0.15) is 42.1 Å². The number of nitrogens with one attached hydrogen (secondary N) is 2. The fraction of sp³-hybridized carbons (Fsp3) is 0.250. The van der Waals surface area contributed by atoms with Gasteiger partial charge in [0.1, 0.15) is 0 Å². The molecule has 1 unspecified atom stereocenters. The first kappa shape index (κ1) is 16.8. The number of aryl methyl sites for hydroxylation is 2. The molecule has 0 bridgehead atoms. The van der Waals surface area contributed by atoms with Crippen LogP contribution in [-0.2, 0) is 6.42 Å². The lowest BCUT2D eigenvalue weighted by molar-refractivity contribution is 0.241. The maximum Gasteiger partial charge on any atom is 0.319 e.